The number of hydrogen-bond acceptors (Lipinski definition) is 6. The van der Waals surface area contributed by atoms with E-state index in [9.17, 15) is 9.59 Å². The Balaban J connectivity index is 1.98. The average molecular weight is 372 g/mol. The molecule has 0 aliphatic carbocycles. The number of rotatable bonds is 6. The van der Waals surface area contributed by atoms with E-state index in [0.29, 0.717) is 16.8 Å². The van der Waals surface area contributed by atoms with E-state index in [1.54, 1.807) is 13.8 Å². The van der Waals surface area contributed by atoms with E-state index in [4.69, 9.17) is 9.47 Å². The van der Waals surface area contributed by atoms with Gasteiger partial charge < -0.3 is 9.47 Å². The van der Waals surface area contributed by atoms with E-state index in [1.165, 1.54) is 22.2 Å². The molecule has 0 fully saturated rings. The molecule has 2 aromatic heterocycles. The molecule has 26 heavy (non-hydrogen) atoms. The molecule has 3 rings (SSSR count). The van der Waals surface area contributed by atoms with Gasteiger partial charge in [-0.3, -0.25) is 14.2 Å². The molecule has 3 aromatic rings. The molecule has 0 saturated heterocycles. The molecule has 0 saturated carbocycles. The summed E-state index contributed by atoms with van der Waals surface area (Å²) in [5, 5.41) is 2.42. The fourth-order valence-electron chi connectivity index (χ4n) is 2.63. The summed E-state index contributed by atoms with van der Waals surface area (Å²) in [5.41, 5.74) is 1.46. The number of nitrogens with zero attached hydrogens (tertiary/aromatic N) is 2. The molecule has 0 aliphatic rings. The minimum absolute atomic E-state index is 0.154. The van der Waals surface area contributed by atoms with Gasteiger partial charge in [0.05, 0.1) is 24.4 Å². The molecule has 1 aromatic carbocycles. The number of carbonyl (C=O) groups is 1. The van der Waals surface area contributed by atoms with Crippen molar-refractivity contribution in [1.29, 1.82) is 0 Å². The fraction of sp³-hybridized carbons (Fsp3) is 0.316. The largest absolute Gasteiger partial charge is 0.494 e. The van der Waals surface area contributed by atoms with E-state index in [2.05, 4.69) is 4.98 Å². The van der Waals surface area contributed by atoms with Crippen molar-refractivity contribution in [2.45, 2.75) is 33.4 Å². The molecule has 2 heterocycles. The lowest BCUT2D eigenvalue weighted by molar-refractivity contribution is -0.148. The van der Waals surface area contributed by atoms with Gasteiger partial charge in [-0.1, -0.05) is 12.1 Å². The fourth-order valence-corrected chi connectivity index (χ4v) is 3.54. The second-order valence-electron chi connectivity index (χ2n) is 6.00. The van der Waals surface area contributed by atoms with Gasteiger partial charge >= 0.3 is 5.97 Å². The molecular weight excluding hydrogens is 352 g/mol. The molecule has 0 atom stereocenters. The lowest BCUT2D eigenvalue weighted by Gasteiger charge is -2.09. The molecule has 0 N–H and O–H groups in total. The van der Waals surface area contributed by atoms with Gasteiger partial charge in [0, 0.05) is 10.9 Å². The van der Waals surface area contributed by atoms with Crippen LogP contribution in [0.2, 0.25) is 0 Å². The van der Waals surface area contributed by atoms with Gasteiger partial charge in [0.2, 0.25) is 0 Å². The summed E-state index contributed by atoms with van der Waals surface area (Å²) < 4.78 is 11.9. The van der Waals surface area contributed by atoms with Crippen LogP contribution in [-0.2, 0) is 16.1 Å². The van der Waals surface area contributed by atoms with Crippen molar-refractivity contribution in [3.63, 3.8) is 0 Å². The van der Waals surface area contributed by atoms with Crippen molar-refractivity contribution in [2.75, 3.05) is 6.61 Å². The van der Waals surface area contributed by atoms with Crippen molar-refractivity contribution in [3.05, 3.63) is 46.3 Å². The predicted octanol–water partition coefficient (Wildman–Crippen LogP) is 3.48. The first kappa shape index (κ1) is 18.1. The van der Waals surface area contributed by atoms with Gasteiger partial charge in [0.15, 0.2) is 0 Å². The number of benzene rings is 1. The van der Waals surface area contributed by atoms with Crippen LogP contribution in [0.5, 0.6) is 5.75 Å². The van der Waals surface area contributed by atoms with Gasteiger partial charge in [-0.15, -0.1) is 11.3 Å². The number of ether oxygens (including phenoxy) is 2. The average Bonchev–Trinajstić information content (AvgIpc) is 3.02. The van der Waals surface area contributed by atoms with Gasteiger partial charge in [-0.2, -0.15) is 0 Å². The van der Waals surface area contributed by atoms with E-state index in [0.717, 1.165) is 16.9 Å². The van der Waals surface area contributed by atoms with Crippen LogP contribution in [-0.4, -0.2) is 28.2 Å². The Kier molecular flexibility index (Phi) is 5.37. The number of carbonyl (C=O) groups excluding carboxylic acids is 1. The highest BCUT2D eigenvalue weighted by Gasteiger charge is 2.15. The lowest BCUT2D eigenvalue weighted by atomic mass is 10.1. The van der Waals surface area contributed by atoms with Gasteiger partial charge in [-0.05, 0) is 38.5 Å². The van der Waals surface area contributed by atoms with Gasteiger partial charge in [0.25, 0.3) is 5.56 Å². The van der Waals surface area contributed by atoms with Crippen molar-refractivity contribution in [3.8, 4) is 16.9 Å². The molecule has 0 amide bonds. The summed E-state index contributed by atoms with van der Waals surface area (Å²) >= 11 is 1.40. The maximum atomic E-state index is 12.9. The third kappa shape index (κ3) is 3.77. The van der Waals surface area contributed by atoms with Crippen LogP contribution in [0.1, 0.15) is 20.8 Å². The number of thiophene rings is 1. The zero-order valence-corrected chi connectivity index (χ0v) is 15.7. The topological polar surface area (TPSA) is 70.4 Å². The number of hydrogen-bond donors (Lipinski definition) is 0. The van der Waals surface area contributed by atoms with Crippen LogP contribution in [0, 0.1) is 0 Å². The SMILES string of the molecule is CCOc1ccc(-c2csc3ncn(CC(=O)OC(C)C)c(=O)c23)cc1. The first-order chi connectivity index (χ1) is 12.5. The first-order valence-corrected chi connectivity index (χ1v) is 9.27. The van der Waals surface area contributed by atoms with Crippen LogP contribution in [0.4, 0.5) is 0 Å². The molecule has 0 spiro atoms. The highest BCUT2D eigenvalue weighted by atomic mass is 32.1. The Bertz CT molecular complexity index is 973. The van der Waals surface area contributed by atoms with Gasteiger partial charge in [0.1, 0.15) is 17.1 Å². The van der Waals surface area contributed by atoms with E-state index >= 15 is 0 Å². The van der Waals surface area contributed by atoms with Crippen molar-refractivity contribution >= 4 is 27.5 Å². The zero-order valence-electron chi connectivity index (χ0n) is 14.9. The predicted molar refractivity (Wildman–Crippen MR) is 102 cm³/mol. The van der Waals surface area contributed by atoms with E-state index in [1.807, 2.05) is 36.6 Å². The maximum Gasteiger partial charge on any atom is 0.326 e. The smallest absolute Gasteiger partial charge is 0.326 e. The van der Waals surface area contributed by atoms with Crippen LogP contribution < -0.4 is 10.3 Å². The Hall–Kier alpha value is -2.67. The maximum absolute atomic E-state index is 12.9. The second kappa shape index (κ2) is 7.70. The van der Waals surface area contributed by atoms with Crippen molar-refractivity contribution in [2.24, 2.45) is 0 Å². The first-order valence-electron chi connectivity index (χ1n) is 8.39. The Labute approximate surface area is 155 Å². The minimum Gasteiger partial charge on any atom is -0.494 e. The number of esters is 1. The van der Waals surface area contributed by atoms with Crippen molar-refractivity contribution < 1.29 is 14.3 Å². The highest BCUT2D eigenvalue weighted by molar-refractivity contribution is 7.17. The standard InChI is InChI=1S/C19H20N2O4S/c1-4-24-14-7-5-13(6-8-14)15-10-26-18-17(15)19(23)21(11-20-18)9-16(22)25-12(2)3/h5-8,10-12H,4,9H2,1-3H3. The second-order valence-corrected chi connectivity index (χ2v) is 6.86. The molecule has 7 heteroatoms. The summed E-state index contributed by atoms with van der Waals surface area (Å²) in [6.07, 6.45) is 1.17. The molecule has 136 valence electrons. The van der Waals surface area contributed by atoms with E-state index in [-0.39, 0.29) is 18.2 Å². The molecule has 0 unspecified atom stereocenters. The van der Waals surface area contributed by atoms with Crippen LogP contribution in [0.3, 0.4) is 0 Å². The summed E-state index contributed by atoms with van der Waals surface area (Å²) in [7, 11) is 0. The molecule has 6 nitrogen and oxygen atoms in total. The van der Waals surface area contributed by atoms with Crippen LogP contribution >= 0.6 is 11.3 Å². The minimum atomic E-state index is -0.457. The Morgan fingerprint density at radius 3 is 2.65 bits per heavy atom. The Morgan fingerprint density at radius 2 is 2.00 bits per heavy atom. The normalized spacial score (nSPS) is 11.1. The third-order valence-electron chi connectivity index (χ3n) is 3.70. The van der Waals surface area contributed by atoms with Crippen LogP contribution in [0.25, 0.3) is 21.3 Å². The quantitative estimate of drug-likeness (QED) is 0.620. The van der Waals surface area contributed by atoms with Crippen LogP contribution in [0.15, 0.2) is 40.8 Å². The molecule has 0 aliphatic heterocycles. The number of aromatic nitrogens is 2. The molecule has 0 bridgehead atoms. The Morgan fingerprint density at radius 1 is 1.27 bits per heavy atom. The zero-order chi connectivity index (χ0) is 18.7. The van der Waals surface area contributed by atoms with Gasteiger partial charge in [-0.25, -0.2) is 4.98 Å². The monoisotopic (exact) mass is 372 g/mol. The van der Waals surface area contributed by atoms with Crippen molar-refractivity contribution in [1.82, 2.24) is 9.55 Å². The van der Waals surface area contributed by atoms with E-state index < -0.39 is 5.97 Å². The molecule has 0 radical (unpaired) electrons. The lowest BCUT2D eigenvalue weighted by Crippen LogP contribution is -2.26. The highest BCUT2D eigenvalue weighted by Crippen LogP contribution is 2.31. The summed E-state index contributed by atoms with van der Waals surface area (Å²) in [5.74, 6) is 0.323. The summed E-state index contributed by atoms with van der Waals surface area (Å²) in [6, 6.07) is 7.57. The molecular formula is C19H20N2O4S. The summed E-state index contributed by atoms with van der Waals surface area (Å²) in [4.78, 5) is 29.7. The third-order valence-corrected chi connectivity index (χ3v) is 4.59. The number of fused-ring (bicyclic) bond motifs is 1. The summed E-state index contributed by atoms with van der Waals surface area (Å²) in [6.45, 7) is 5.91.